The molecule has 0 unspecified atom stereocenters. The van der Waals surface area contributed by atoms with Crippen molar-refractivity contribution in [3.8, 4) is 0 Å². The van der Waals surface area contributed by atoms with E-state index in [0.29, 0.717) is 24.4 Å². The molecule has 0 bridgehead atoms. The van der Waals surface area contributed by atoms with Gasteiger partial charge in [-0.2, -0.15) is 4.98 Å². The van der Waals surface area contributed by atoms with E-state index < -0.39 is 4.92 Å². The quantitative estimate of drug-likeness (QED) is 0.627. The number of nitrogens with one attached hydrogen (secondary N) is 2. The summed E-state index contributed by atoms with van der Waals surface area (Å²) < 4.78 is 0. The molecule has 1 saturated carbocycles. The maximum Gasteiger partial charge on any atom is 0.329 e. The van der Waals surface area contributed by atoms with Crippen molar-refractivity contribution in [2.24, 2.45) is 0 Å². The van der Waals surface area contributed by atoms with Gasteiger partial charge < -0.3 is 10.6 Å². The van der Waals surface area contributed by atoms with Crippen molar-refractivity contribution in [1.29, 1.82) is 0 Å². The van der Waals surface area contributed by atoms with Crippen molar-refractivity contribution in [2.45, 2.75) is 25.4 Å². The molecule has 0 amide bonds. The van der Waals surface area contributed by atoms with E-state index >= 15 is 0 Å². The number of anilines is 2. The topological polar surface area (TPSA) is 93.0 Å². The van der Waals surface area contributed by atoms with Crippen LogP contribution < -0.4 is 10.6 Å². The molecule has 1 aliphatic carbocycles. The minimum absolute atomic E-state index is 0.0847. The molecule has 0 aromatic carbocycles. The Morgan fingerprint density at radius 3 is 3.00 bits per heavy atom. The Morgan fingerprint density at radius 2 is 2.35 bits per heavy atom. The number of hydrogen-bond acceptors (Lipinski definition) is 7. The highest BCUT2D eigenvalue weighted by Gasteiger charge is 2.26. The second-order valence-electron chi connectivity index (χ2n) is 4.54. The Balaban J connectivity index is 1.75. The van der Waals surface area contributed by atoms with E-state index in [-0.39, 0.29) is 5.69 Å². The van der Waals surface area contributed by atoms with Gasteiger partial charge in [-0.1, -0.05) is 6.07 Å². The lowest BCUT2D eigenvalue weighted by atomic mass is 10.4. The van der Waals surface area contributed by atoms with Crippen molar-refractivity contribution in [2.75, 3.05) is 10.6 Å². The Hall–Kier alpha value is -2.22. The van der Waals surface area contributed by atoms with E-state index in [1.54, 1.807) is 11.3 Å². The number of nitrogens with zero attached hydrogens (tertiary/aromatic N) is 3. The van der Waals surface area contributed by atoms with Crippen LogP contribution in [0.25, 0.3) is 0 Å². The summed E-state index contributed by atoms with van der Waals surface area (Å²) in [5, 5.41) is 19.1. The largest absolute Gasteiger partial charge is 0.361 e. The van der Waals surface area contributed by atoms with Crippen molar-refractivity contribution in [3.05, 3.63) is 38.7 Å². The SMILES string of the molecule is O=[N+]([O-])c1cnc(NCc2cccs2)nc1NC1CC1. The van der Waals surface area contributed by atoms with Crippen molar-refractivity contribution < 1.29 is 4.92 Å². The fourth-order valence-corrected chi connectivity index (χ4v) is 2.35. The average molecular weight is 291 g/mol. The molecule has 7 nitrogen and oxygen atoms in total. The predicted octanol–water partition coefficient (Wildman–Crippen LogP) is 2.63. The summed E-state index contributed by atoms with van der Waals surface area (Å²) in [6, 6.07) is 4.28. The van der Waals surface area contributed by atoms with Crippen LogP contribution in [-0.4, -0.2) is 20.9 Å². The summed E-state index contributed by atoms with van der Waals surface area (Å²) in [5.41, 5.74) is -0.0847. The zero-order chi connectivity index (χ0) is 13.9. The first-order valence-electron chi connectivity index (χ1n) is 6.26. The van der Waals surface area contributed by atoms with Crippen LogP contribution in [0, 0.1) is 10.1 Å². The molecule has 3 rings (SSSR count). The van der Waals surface area contributed by atoms with Gasteiger partial charge in [-0.05, 0) is 24.3 Å². The van der Waals surface area contributed by atoms with Gasteiger partial charge in [0.15, 0.2) is 0 Å². The third-order valence-corrected chi connectivity index (χ3v) is 3.76. The standard InChI is InChI=1S/C12H13N5O2S/c18-17(19)10-7-14-12(13-6-9-2-1-5-20-9)16-11(10)15-8-3-4-8/h1-2,5,7-8H,3-4,6H2,(H2,13,14,15,16). The molecule has 1 aliphatic rings. The lowest BCUT2D eigenvalue weighted by Crippen LogP contribution is -2.10. The molecular formula is C12H13N5O2S. The third-order valence-electron chi connectivity index (χ3n) is 2.89. The van der Waals surface area contributed by atoms with Gasteiger partial charge in [0.25, 0.3) is 0 Å². The molecular weight excluding hydrogens is 278 g/mol. The molecule has 2 aromatic heterocycles. The predicted molar refractivity (Wildman–Crippen MR) is 77.0 cm³/mol. The molecule has 2 aromatic rings. The summed E-state index contributed by atoms with van der Waals surface area (Å²) in [7, 11) is 0. The molecule has 2 heterocycles. The molecule has 0 radical (unpaired) electrons. The Bertz CT molecular complexity index is 612. The Morgan fingerprint density at radius 1 is 1.50 bits per heavy atom. The van der Waals surface area contributed by atoms with E-state index in [0.717, 1.165) is 17.7 Å². The minimum atomic E-state index is -0.465. The normalized spacial score (nSPS) is 14.0. The summed E-state index contributed by atoms with van der Waals surface area (Å²) in [5.74, 6) is 0.688. The fourth-order valence-electron chi connectivity index (χ4n) is 1.70. The number of rotatable bonds is 6. The van der Waals surface area contributed by atoms with Crippen LogP contribution in [0.2, 0.25) is 0 Å². The van der Waals surface area contributed by atoms with Gasteiger partial charge >= 0.3 is 5.69 Å². The zero-order valence-corrected chi connectivity index (χ0v) is 11.4. The number of thiophene rings is 1. The highest BCUT2D eigenvalue weighted by atomic mass is 32.1. The third kappa shape index (κ3) is 3.02. The fraction of sp³-hybridized carbons (Fsp3) is 0.333. The first-order chi connectivity index (χ1) is 9.72. The van der Waals surface area contributed by atoms with Crippen LogP contribution in [0.5, 0.6) is 0 Å². The number of aromatic nitrogens is 2. The molecule has 0 spiro atoms. The first kappa shape index (κ1) is 12.8. The lowest BCUT2D eigenvalue weighted by Gasteiger charge is -2.07. The zero-order valence-electron chi connectivity index (χ0n) is 10.6. The average Bonchev–Trinajstić information content (AvgIpc) is 3.09. The van der Waals surface area contributed by atoms with Gasteiger partial charge in [0, 0.05) is 10.9 Å². The van der Waals surface area contributed by atoms with Gasteiger partial charge in [0.05, 0.1) is 11.5 Å². The van der Waals surface area contributed by atoms with Gasteiger partial charge in [-0.15, -0.1) is 11.3 Å². The molecule has 20 heavy (non-hydrogen) atoms. The minimum Gasteiger partial charge on any atom is -0.361 e. The molecule has 2 N–H and O–H groups in total. The number of nitro groups is 1. The summed E-state index contributed by atoms with van der Waals surface area (Å²) in [4.78, 5) is 19.8. The second kappa shape index (κ2) is 5.41. The second-order valence-corrected chi connectivity index (χ2v) is 5.57. The van der Waals surface area contributed by atoms with E-state index in [1.165, 1.54) is 6.20 Å². The van der Waals surface area contributed by atoms with Crippen LogP contribution in [0.1, 0.15) is 17.7 Å². The molecule has 0 atom stereocenters. The van der Waals surface area contributed by atoms with E-state index in [9.17, 15) is 10.1 Å². The van der Waals surface area contributed by atoms with Gasteiger partial charge in [0.1, 0.15) is 6.20 Å². The monoisotopic (exact) mass is 291 g/mol. The van der Waals surface area contributed by atoms with Crippen molar-refractivity contribution in [1.82, 2.24) is 9.97 Å². The van der Waals surface area contributed by atoms with Crippen molar-refractivity contribution in [3.63, 3.8) is 0 Å². The summed E-state index contributed by atoms with van der Waals surface area (Å²) >= 11 is 1.63. The van der Waals surface area contributed by atoms with Gasteiger partial charge in [-0.3, -0.25) is 10.1 Å². The molecule has 0 aliphatic heterocycles. The Kier molecular flexibility index (Phi) is 3.46. The van der Waals surface area contributed by atoms with E-state index in [1.807, 2.05) is 17.5 Å². The van der Waals surface area contributed by atoms with E-state index in [2.05, 4.69) is 20.6 Å². The van der Waals surface area contributed by atoms with Crippen molar-refractivity contribution >= 4 is 28.8 Å². The number of hydrogen-bond donors (Lipinski definition) is 2. The first-order valence-corrected chi connectivity index (χ1v) is 7.14. The highest BCUT2D eigenvalue weighted by Crippen LogP contribution is 2.29. The summed E-state index contributed by atoms with van der Waals surface area (Å²) in [6.45, 7) is 0.609. The van der Waals surface area contributed by atoms with Crippen LogP contribution in [-0.2, 0) is 6.54 Å². The molecule has 8 heteroatoms. The maximum atomic E-state index is 10.9. The van der Waals surface area contributed by atoms with Crippen LogP contribution in [0.15, 0.2) is 23.7 Å². The van der Waals surface area contributed by atoms with E-state index in [4.69, 9.17) is 0 Å². The van der Waals surface area contributed by atoms with Gasteiger partial charge in [-0.25, -0.2) is 4.98 Å². The molecule has 0 saturated heterocycles. The van der Waals surface area contributed by atoms with Crippen LogP contribution >= 0.6 is 11.3 Å². The highest BCUT2D eigenvalue weighted by molar-refractivity contribution is 7.09. The van der Waals surface area contributed by atoms with Gasteiger partial charge in [0.2, 0.25) is 11.8 Å². The lowest BCUT2D eigenvalue weighted by molar-refractivity contribution is -0.384. The molecule has 1 fully saturated rings. The van der Waals surface area contributed by atoms with Crippen LogP contribution in [0.4, 0.5) is 17.5 Å². The maximum absolute atomic E-state index is 10.9. The smallest absolute Gasteiger partial charge is 0.329 e. The summed E-state index contributed by atoms with van der Waals surface area (Å²) in [6.07, 6.45) is 3.30. The Labute approximate surface area is 119 Å². The molecule has 104 valence electrons. The van der Waals surface area contributed by atoms with Crippen LogP contribution in [0.3, 0.4) is 0 Å².